The summed E-state index contributed by atoms with van der Waals surface area (Å²) >= 11 is 3.42. The van der Waals surface area contributed by atoms with Crippen LogP contribution in [0.2, 0.25) is 0 Å². The van der Waals surface area contributed by atoms with Gasteiger partial charge in [0.2, 0.25) is 0 Å². The fourth-order valence-electron chi connectivity index (χ4n) is 2.64. The Hall–Kier alpha value is -0.920. The van der Waals surface area contributed by atoms with Crippen molar-refractivity contribution in [3.63, 3.8) is 0 Å². The molecule has 19 heavy (non-hydrogen) atoms. The highest BCUT2D eigenvalue weighted by Gasteiger charge is 2.40. The lowest BCUT2D eigenvalue weighted by Crippen LogP contribution is -2.39. The normalized spacial score (nSPS) is 24.4. The number of halogens is 2. The van der Waals surface area contributed by atoms with Crippen molar-refractivity contribution >= 4 is 15.9 Å². The van der Waals surface area contributed by atoms with Crippen molar-refractivity contribution < 1.29 is 4.39 Å². The van der Waals surface area contributed by atoms with Crippen LogP contribution >= 0.6 is 15.9 Å². The fraction of sp³-hybridized carbons (Fsp3) is 0.533. The summed E-state index contributed by atoms with van der Waals surface area (Å²) < 4.78 is 14.8. The predicted octanol–water partition coefficient (Wildman–Crippen LogP) is 3.93. The fourth-order valence-corrected chi connectivity index (χ4v) is 3.28. The molecule has 1 saturated heterocycles. The lowest BCUT2D eigenvalue weighted by atomic mass is 9.89. The molecule has 0 N–H and O–H groups in total. The number of benzene rings is 1. The molecule has 1 heterocycles. The molecule has 2 rings (SSSR count). The van der Waals surface area contributed by atoms with E-state index in [0.29, 0.717) is 12.1 Å². The second-order valence-electron chi connectivity index (χ2n) is 6.05. The van der Waals surface area contributed by atoms with E-state index in [-0.39, 0.29) is 23.2 Å². The Kier molecular flexibility index (Phi) is 3.98. The van der Waals surface area contributed by atoms with Crippen LogP contribution in [0.25, 0.3) is 0 Å². The monoisotopic (exact) mass is 324 g/mol. The van der Waals surface area contributed by atoms with Crippen molar-refractivity contribution in [1.29, 1.82) is 5.26 Å². The molecule has 102 valence electrons. The maximum atomic E-state index is 14.1. The quantitative estimate of drug-likeness (QED) is 0.782. The van der Waals surface area contributed by atoms with E-state index in [9.17, 15) is 9.65 Å². The van der Waals surface area contributed by atoms with E-state index in [1.54, 1.807) is 6.07 Å². The van der Waals surface area contributed by atoms with Crippen LogP contribution in [0.5, 0.6) is 0 Å². The van der Waals surface area contributed by atoms with Gasteiger partial charge in [0.1, 0.15) is 5.82 Å². The van der Waals surface area contributed by atoms with Crippen molar-refractivity contribution in [2.75, 3.05) is 13.1 Å². The van der Waals surface area contributed by atoms with E-state index in [2.05, 4.69) is 47.7 Å². The molecule has 2 atom stereocenters. The summed E-state index contributed by atoms with van der Waals surface area (Å²) in [4.78, 5) is 2.25. The largest absolute Gasteiger partial charge is 0.297 e. The Morgan fingerprint density at radius 1 is 1.37 bits per heavy atom. The standard InChI is InChI=1S/C15H18BrFN2/c1-15(2,3)19-8-10(7-18)11(9-19)14-12(16)5-4-6-13(14)17/h4-6,10-11H,8-9H2,1-3H3/t10-,11-/m1/s1. The summed E-state index contributed by atoms with van der Waals surface area (Å²) in [6.07, 6.45) is 0. The van der Waals surface area contributed by atoms with Crippen molar-refractivity contribution in [1.82, 2.24) is 4.90 Å². The Labute approximate surface area is 122 Å². The van der Waals surface area contributed by atoms with Gasteiger partial charge in [-0.05, 0) is 32.9 Å². The van der Waals surface area contributed by atoms with E-state index < -0.39 is 0 Å². The Morgan fingerprint density at radius 2 is 2.05 bits per heavy atom. The molecule has 2 nitrogen and oxygen atoms in total. The van der Waals surface area contributed by atoms with Crippen molar-refractivity contribution in [2.24, 2.45) is 5.92 Å². The second kappa shape index (κ2) is 5.22. The second-order valence-corrected chi connectivity index (χ2v) is 6.91. The van der Waals surface area contributed by atoms with Gasteiger partial charge in [-0.15, -0.1) is 0 Å². The molecule has 0 radical (unpaired) electrons. The molecular weight excluding hydrogens is 307 g/mol. The summed E-state index contributed by atoms with van der Waals surface area (Å²) in [5.74, 6) is -0.456. The van der Waals surface area contributed by atoms with E-state index >= 15 is 0 Å². The summed E-state index contributed by atoms with van der Waals surface area (Å²) in [5.41, 5.74) is 0.641. The third-order valence-corrected chi connectivity index (χ3v) is 4.50. The average molecular weight is 325 g/mol. The molecule has 1 aliphatic rings. The lowest BCUT2D eigenvalue weighted by Gasteiger charge is -2.31. The SMILES string of the molecule is CC(C)(C)N1C[C@@H](C#N)[C@H](c2c(F)cccc2Br)C1. The Bertz CT molecular complexity index is 496. The highest BCUT2D eigenvalue weighted by molar-refractivity contribution is 9.10. The molecule has 1 aromatic rings. The molecule has 0 amide bonds. The van der Waals surface area contributed by atoms with Crippen LogP contribution in [-0.4, -0.2) is 23.5 Å². The van der Waals surface area contributed by atoms with E-state index in [4.69, 9.17) is 0 Å². The molecule has 0 unspecified atom stereocenters. The minimum atomic E-state index is -0.226. The summed E-state index contributed by atoms with van der Waals surface area (Å²) in [6.45, 7) is 7.80. The van der Waals surface area contributed by atoms with Gasteiger partial charge in [-0.2, -0.15) is 5.26 Å². The van der Waals surface area contributed by atoms with Crippen molar-refractivity contribution in [3.8, 4) is 6.07 Å². The van der Waals surface area contributed by atoms with Gasteiger partial charge in [-0.3, -0.25) is 4.90 Å². The number of likely N-dealkylation sites (tertiary alicyclic amines) is 1. The number of hydrogen-bond donors (Lipinski definition) is 0. The molecule has 4 heteroatoms. The van der Waals surface area contributed by atoms with Crippen LogP contribution in [-0.2, 0) is 0 Å². The van der Waals surface area contributed by atoms with Gasteiger partial charge in [0.05, 0.1) is 12.0 Å². The maximum absolute atomic E-state index is 14.1. The van der Waals surface area contributed by atoms with Crippen LogP contribution in [0.1, 0.15) is 32.3 Å². The van der Waals surface area contributed by atoms with E-state index in [0.717, 1.165) is 11.0 Å². The first kappa shape index (κ1) is 14.5. The first-order valence-electron chi connectivity index (χ1n) is 6.43. The first-order chi connectivity index (χ1) is 8.84. The van der Waals surface area contributed by atoms with Crippen LogP contribution in [0.4, 0.5) is 4.39 Å². The topological polar surface area (TPSA) is 27.0 Å². The molecular formula is C15H18BrFN2. The number of hydrogen-bond acceptors (Lipinski definition) is 2. The maximum Gasteiger partial charge on any atom is 0.127 e. The summed E-state index contributed by atoms with van der Waals surface area (Å²) in [7, 11) is 0. The van der Waals surface area contributed by atoms with Gasteiger partial charge in [-0.25, -0.2) is 4.39 Å². The highest BCUT2D eigenvalue weighted by Crippen LogP contribution is 2.39. The van der Waals surface area contributed by atoms with Gasteiger partial charge < -0.3 is 0 Å². The van der Waals surface area contributed by atoms with Crippen LogP contribution in [0, 0.1) is 23.1 Å². The first-order valence-corrected chi connectivity index (χ1v) is 7.22. The lowest BCUT2D eigenvalue weighted by molar-refractivity contribution is 0.170. The van der Waals surface area contributed by atoms with E-state index in [1.165, 1.54) is 6.07 Å². The predicted molar refractivity (Wildman–Crippen MR) is 77.3 cm³/mol. The summed E-state index contributed by atoms with van der Waals surface area (Å²) in [5, 5.41) is 9.35. The Balaban J connectivity index is 2.37. The molecule has 1 fully saturated rings. The molecule has 0 aromatic heterocycles. The van der Waals surface area contributed by atoms with Gasteiger partial charge in [-0.1, -0.05) is 22.0 Å². The number of nitrogens with zero attached hydrogens (tertiary/aromatic N) is 2. The van der Waals surface area contributed by atoms with Crippen molar-refractivity contribution in [3.05, 3.63) is 34.1 Å². The zero-order chi connectivity index (χ0) is 14.2. The average Bonchev–Trinajstić information content (AvgIpc) is 2.72. The highest BCUT2D eigenvalue weighted by atomic mass is 79.9. The van der Waals surface area contributed by atoms with Crippen LogP contribution in [0.3, 0.4) is 0 Å². The smallest absolute Gasteiger partial charge is 0.127 e. The van der Waals surface area contributed by atoms with Gasteiger partial charge >= 0.3 is 0 Å². The number of nitriles is 1. The zero-order valence-electron chi connectivity index (χ0n) is 11.5. The Morgan fingerprint density at radius 3 is 2.58 bits per heavy atom. The molecule has 1 aromatic carbocycles. The van der Waals surface area contributed by atoms with Crippen LogP contribution < -0.4 is 0 Å². The minimum Gasteiger partial charge on any atom is -0.297 e. The zero-order valence-corrected chi connectivity index (χ0v) is 13.0. The third kappa shape index (κ3) is 2.82. The van der Waals surface area contributed by atoms with Gasteiger partial charge in [0.25, 0.3) is 0 Å². The molecule has 0 bridgehead atoms. The van der Waals surface area contributed by atoms with Crippen LogP contribution in [0.15, 0.2) is 22.7 Å². The molecule has 0 saturated carbocycles. The molecule has 0 aliphatic carbocycles. The summed E-state index contributed by atoms with van der Waals surface area (Å²) in [6, 6.07) is 7.33. The third-order valence-electron chi connectivity index (χ3n) is 3.80. The minimum absolute atomic E-state index is 0.00157. The number of rotatable bonds is 1. The van der Waals surface area contributed by atoms with Crippen molar-refractivity contribution in [2.45, 2.75) is 32.2 Å². The molecule has 0 spiro atoms. The van der Waals surface area contributed by atoms with Gasteiger partial charge in [0.15, 0.2) is 0 Å². The van der Waals surface area contributed by atoms with E-state index in [1.807, 2.05) is 6.07 Å². The van der Waals surface area contributed by atoms with Gasteiger partial charge in [0, 0.05) is 34.6 Å². The molecule has 1 aliphatic heterocycles.